The molecule has 0 heterocycles. The lowest BCUT2D eigenvalue weighted by Gasteiger charge is -2.09. The number of amides is 1. The van der Waals surface area contributed by atoms with Crippen LogP contribution in [0.25, 0.3) is 0 Å². The quantitative estimate of drug-likeness (QED) is 0.592. The molecule has 0 aromatic heterocycles. The van der Waals surface area contributed by atoms with Crippen LogP contribution in [0.5, 0.6) is 5.75 Å². The number of ether oxygens (including phenoxy) is 2. The van der Waals surface area contributed by atoms with Gasteiger partial charge in [-0.2, -0.15) is 13.5 Å². The summed E-state index contributed by atoms with van der Waals surface area (Å²) in [5.41, 5.74) is 1.15. The van der Waals surface area contributed by atoms with Crippen LogP contribution in [0.15, 0.2) is 53.4 Å². The summed E-state index contributed by atoms with van der Waals surface area (Å²) in [6.45, 7) is -2.46. The van der Waals surface area contributed by atoms with E-state index in [0.717, 1.165) is 5.56 Å². The van der Waals surface area contributed by atoms with E-state index in [4.69, 9.17) is 4.74 Å². The van der Waals surface area contributed by atoms with E-state index in [1.807, 2.05) is 0 Å². The van der Waals surface area contributed by atoms with Crippen LogP contribution >= 0.6 is 0 Å². The zero-order valence-electron chi connectivity index (χ0n) is 15.2. The van der Waals surface area contributed by atoms with E-state index in [2.05, 4.69) is 14.8 Å². The molecule has 2 rings (SSSR count). The second-order valence-electron chi connectivity index (χ2n) is 5.75. The summed E-state index contributed by atoms with van der Waals surface area (Å²) < 4.78 is 59.2. The van der Waals surface area contributed by atoms with E-state index < -0.39 is 41.7 Å². The number of halogens is 2. The third kappa shape index (κ3) is 7.47. The smallest absolute Gasteiger partial charge is 0.387 e. The Labute approximate surface area is 165 Å². The largest absolute Gasteiger partial charge is 0.455 e. The van der Waals surface area contributed by atoms with E-state index in [1.54, 1.807) is 19.1 Å². The highest BCUT2D eigenvalue weighted by Gasteiger charge is 2.16. The molecular weight excluding hydrogens is 410 g/mol. The van der Waals surface area contributed by atoms with Gasteiger partial charge in [0.1, 0.15) is 12.3 Å². The number of hydrogen-bond acceptors (Lipinski definition) is 6. The molecule has 0 saturated carbocycles. The zero-order chi connectivity index (χ0) is 21.4. The Morgan fingerprint density at radius 1 is 1.03 bits per heavy atom. The third-order valence-electron chi connectivity index (χ3n) is 3.47. The van der Waals surface area contributed by atoms with Crippen LogP contribution in [0.4, 0.5) is 14.5 Å². The summed E-state index contributed by atoms with van der Waals surface area (Å²) in [7, 11) is -3.89. The molecule has 0 atom stereocenters. The number of rotatable bonds is 9. The number of anilines is 1. The van der Waals surface area contributed by atoms with E-state index >= 15 is 0 Å². The van der Waals surface area contributed by atoms with Gasteiger partial charge in [-0.25, -0.2) is 8.42 Å². The second kappa shape index (κ2) is 9.94. The molecule has 0 aliphatic carbocycles. The van der Waals surface area contributed by atoms with Crippen molar-refractivity contribution in [3.05, 3.63) is 54.1 Å². The van der Waals surface area contributed by atoms with Crippen LogP contribution in [0.2, 0.25) is 0 Å². The molecule has 29 heavy (non-hydrogen) atoms. The van der Waals surface area contributed by atoms with Crippen molar-refractivity contribution in [2.45, 2.75) is 18.4 Å². The molecule has 0 bridgehead atoms. The maximum atomic E-state index is 12.1. The van der Waals surface area contributed by atoms with Gasteiger partial charge in [0.15, 0.2) is 6.61 Å². The number of benzene rings is 2. The molecule has 0 fully saturated rings. The Hall–Kier alpha value is -3.05. The van der Waals surface area contributed by atoms with Gasteiger partial charge in [0, 0.05) is 5.69 Å². The number of carbonyl (C=O) groups excluding carboxylic acids is 2. The fourth-order valence-electron chi connectivity index (χ4n) is 2.07. The van der Waals surface area contributed by atoms with Crippen LogP contribution in [-0.2, 0) is 24.3 Å². The Bertz CT molecular complexity index is 947. The van der Waals surface area contributed by atoms with Crippen molar-refractivity contribution >= 4 is 27.6 Å². The number of esters is 1. The normalized spacial score (nSPS) is 11.2. The van der Waals surface area contributed by atoms with Gasteiger partial charge in [0.25, 0.3) is 5.91 Å². The molecule has 0 aliphatic rings. The van der Waals surface area contributed by atoms with Gasteiger partial charge in [-0.05, 0) is 43.3 Å². The molecule has 0 aliphatic heterocycles. The summed E-state index contributed by atoms with van der Waals surface area (Å²) in [6, 6.07) is 11.1. The average molecular weight is 428 g/mol. The van der Waals surface area contributed by atoms with Crippen molar-refractivity contribution < 1.29 is 36.3 Å². The average Bonchev–Trinajstić information content (AvgIpc) is 2.66. The van der Waals surface area contributed by atoms with E-state index in [-0.39, 0.29) is 16.3 Å². The Morgan fingerprint density at radius 3 is 2.24 bits per heavy atom. The molecule has 11 heteroatoms. The molecule has 2 aromatic rings. The van der Waals surface area contributed by atoms with Crippen molar-refractivity contribution in [1.29, 1.82) is 0 Å². The Kier molecular flexibility index (Phi) is 7.62. The zero-order valence-corrected chi connectivity index (χ0v) is 16.0. The van der Waals surface area contributed by atoms with Crippen LogP contribution in [0.1, 0.15) is 5.56 Å². The molecule has 0 unspecified atom stereocenters. The van der Waals surface area contributed by atoms with Crippen molar-refractivity contribution in [3.63, 3.8) is 0 Å². The van der Waals surface area contributed by atoms with Gasteiger partial charge in [0.2, 0.25) is 10.0 Å². The number of carbonyl (C=O) groups is 2. The minimum Gasteiger partial charge on any atom is -0.455 e. The van der Waals surface area contributed by atoms with Crippen molar-refractivity contribution in [2.24, 2.45) is 0 Å². The minimum absolute atomic E-state index is 0.00656. The number of alkyl halides is 2. The lowest BCUT2D eigenvalue weighted by Crippen LogP contribution is -2.32. The summed E-state index contributed by atoms with van der Waals surface area (Å²) in [5.74, 6) is -1.72. The van der Waals surface area contributed by atoms with Gasteiger partial charge in [0.05, 0.1) is 4.90 Å². The van der Waals surface area contributed by atoms with Gasteiger partial charge in [-0.15, -0.1) is 0 Å². The first-order chi connectivity index (χ1) is 13.7. The molecule has 8 nitrogen and oxygen atoms in total. The number of hydrogen-bond donors (Lipinski definition) is 2. The SMILES string of the molecule is Cc1ccc(S(=O)(=O)NCC(=O)OCC(=O)Nc2ccc(OC(F)F)cc2)cc1. The predicted octanol–water partition coefficient (Wildman–Crippen LogP) is 2.06. The summed E-state index contributed by atoms with van der Waals surface area (Å²) in [6.07, 6.45) is 0. The lowest BCUT2D eigenvalue weighted by atomic mass is 10.2. The number of aryl methyl sites for hydroxylation is 1. The molecule has 156 valence electrons. The number of sulfonamides is 1. The standard InChI is InChI=1S/C18H18F2N2O6S/c1-12-2-8-15(9-3-12)29(25,26)21-10-17(24)27-11-16(23)22-13-4-6-14(7-5-13)28-18(19)20/h2-9,18,21H,10-11H2,1H3,(H,22,23). The summed E-state index contributed by atoms with van der Waals surface area (Å²) in [4.78, 5) is 23.4. The lowest BCUT2D eigenvalue weighted by molar-refractivity contribution is -0.146. The molecule has 0 spiro atoms. The van der Waals surface area contributed by atoms with Crippen molar-refractivity contribution in [3.8, 4) is 5.75 Å². The Balaban J connectivity index is 1.77. The van der Waals surface area contributed by atoms with Crippen LogP contribution in [-0.4, -0.2) is 40.1 Å². The summed E-state index contributed by atoms with van der Waals surface area (Å²) in [5, 5.41) is 2.38. The maximum absolute atomic E-state index is 12.1. The van der Waals surface area contributed by atoms with Crippen LogP contribution in [0, 0.1) is 6.92 Å². The van der Waals surface area contributed by atoms with E-state index in [1.165, 1.54) is 36.4 Å². The van der Waals surface area contributed by atoms with Crippen LogP contribution < -0.4 is 14.8 Å². The topological polar surface area (TPSA) is 111 Å². The third-order valence-corrected chi connectivity index (χ3v) is 4.88. The first-order valence-corrected chi connectivity index (χ1v) is 9.71. The molecular formula is C18H18F2N2O6S. The fourth-order valence-corrected chi connectivity index (χ4v) is 3.04. The second-order valence-corrected chi connectivity index (χ2v) is 7.52. The van der Waals surface area contributed by atoms with Gasteiger partial charge in [-0.1, -0.05) is 17.7 Å². The van der Waals surface area contributed by atoms with Crippen molar-refractivity contribution in [2.75, 3.05) is 18.5 Å². The molecule has 0 radical (unpaired) electrons. The fraction of sp³-hybridized carbons (Fsp3) is 0.222. The molecule has 2 aromatic carbocycles. The summed E-state index contributed by atoms with van der Waals surface area (Å²) >= 11 is 0. The van der Waals surface area contributed by atoms with Crippen LogP contribution in [0.3, 0.4) is 0 Å². The number of nitrogens with one attached hydrogen (secondary N) is 2. The highest BCUT2D eigenvalue weighted by atomic mass is 32.2. The van der Waals surface area contributed by atoms with E-state index in [0.29, 0.717) is 0 Å². The minimum atomic E-state index is -3.89. The molecule has 2 N–H and O–H groups in total. The molecule has 1 amide bonds. The predicted molar refractivity (Wildman–Crippen MR) is 99.0 cm³/mol. The monoisotopic (exact) mass is 428 g/mol. The highest BCUT2D eigenvalue weighted by Crippen LogP contribution is 2.17. The molecule has 0 saturated heterocycles. The highest BCUT2D eigenvalue weighted by molar-refractivity contribution is 7.89. The maximum Gasteiger partial charge on any atom is 0.387 e. The van der Waals surface area contributed by atoms with Gasteiger partial charge in [-0.3, -0.25) is 9.59 Å². The first-order valence-electron chi connectivity index (χ1n) is 8.22. The first kappa shape index (κ1) is 22.2. The van der Waals surface area contributed by atoms with Gasteiger partial charge < -0.3 is 14.8 Å². The van der Waals surface area contributed by atoms with Gasteiger partial charge >= 0.3 is 12.6 Å². The Morgan fingerprint density at radius 2 is 1.66 bits per heavy atom. The van der Waals surface area contributed by atoms with Crippen molar-refractivity contribution in [1.82, 2.24) is 4.72 Å². The van der Waals surface area contributed by atoms with E-state index in [9.17, 15) is 26.8 Å².